The van der Waals surface area contributed by atoms with Crippen LogP contribution in [0.5, 0.6) is 0 Å². The monoisotopic (exact) mass is 403 g/mol. The number of aromatic nitrogens is 2. The Hall–Kier alpha value is -2.61. The molecule has 0 spiro atoms. The molecule has 148 valence electrons. The summed E-state index contributed by atoms with van der Waals surface area (Å²) in [5.41, 5.74) is 0. The van der Waals surface area contributed by atoms with E-state index in [-0.39, 0.29) is 17.7 Å². The van der Waals surface area contributed by atoms with E-state index in [4.69, 9.17) is 16.0 Å². The predicted molar refractivity (Wildman–Crippen MR) is 103 cm³/mol. The highest BCUT2D eigenvalue weighted by molar-refractivity contribution is 6.29. The highest BCUT2D eigenvalue weighted by Gasteiger charge is 2.32. The van der Waals surface area contributed by atoms with E-state index < -0.39 is 0 Å². The summed E-state index contributed by atoms with van der Waals surface area (Å²) in [6.45, 7) is 3.60. The van der Waals surface area contributed by atoms with Crippen molar-refractivity contribution >= 4 is 29.2 Å². The summed E-state index contributed by atoms with van der Waals surface area (Å²) in [6.07, 6.45) is 3.28. The number of carbonyl (C=O) groups is 2. The quantitative estimate of drug-likeness (QED) is 0.778. The second-order valence-corrected chi connectivity index (χ2v) is 7.48. The lowest BCUT2D eigenvalue weighted by molar-refractivity contribution is -0.137. The van der Waals surface area contributed by atoms with Gasteiger partial charge in [0.15, 0.2) is 16.7 Å². The molecule has 0 aliphatic carbocycles. The van der Waals surface area contributed by atoms with Crippen LogP contribution in [0, 0.1) is 5.92 Å². The van der Waals surface area contributed by atoms with Crippen LogP contribution >= 0.6 is 11.6 Å². The smallest absolute Gasteiger partial charge is 0.289 e. The van der Waals surface area contributed by atoms with Crippen molar-refractivity contribution in [1.29, 1.82) is 0 Å². The molecule has 2 aliphatic heterocycles. The third-order valence-electron chi connectivity index (χ3n) is 5.32. The van der Waals surface area contributed by atoms with Crippen molar-refractivity contribution in [2.75, 3.05) is 44.2 Å². The number of piperazine rings is 1. The lowest BCUT2D eigenvalue weighted by Crippen LogP contribution is -2.53. The highest BCUT2D eigenvalue weighted by Crippen LogP contribution is 2.24. The topological polar surface area (TPSA) is 82.8 Å². The van der Waals surface area contributed by atoms with Gasteiger partial charge in [0.1, 0.15) is 0 Å². The fraction of sp³-hybridized carbons (Fsp3) is 0.474. The Morgan fingerprint density at radius 3 is 2.50 bits per heavy atom. The zero-order chi connectivity index (χ0) is 19.5. The van der Waals surface area contributed by atoms with Crippen molar-refractivity contribution in [2.24, 2.45) is 5.92 Å². The van der Waals surface area contributed by atoms with Gasteiger partial charge in [0, 0.05) is 39.3 Å². The van der Waals surface area contributed by atoms with Crippen molar-refractivity contribution in [1.82, 2.24) is 20.0 Å². The van der Waals surface area contributed by atoms with Gasteiger partial charge in [-0.25, -0.2) is 0 Å². The van der Waals surface area contributed by atoms with Crippen LogP contribution in [0.2, 0.25) is 5.15 Å². The second-order valence-electron chi connectivity index (χ2n) is 7.09. The van der Waals surface area contributed by atoms with Crippen LogP contribution in [-0.2, 0) is 4.79 Å². The lowest BCUT2D eigenvalue weighted by Gasteiger charge is -2.39. The van der Waals surface area contributed by atoms with Gasteiger partial charge in [-0.2, -0.15) is 0 Å². The Bertz CT molecular complexity index is 819. The van der Waals surface area contributed by atoms with Gasteiger partial charge in [0.2, 0.25) is 5.91 Å². The Morgan fingerprint density at radius 1 is 1.04 bits per heavy atom. The minimum absolute atomic E-state index is 0.0708. The number of furan rings is 1. The number of hydrogen-bond donors (Lipinski definition) is 0. The molecule has 4 rings (SSSR count). The Kier molecular flexibility index (Phi) is 5.47. The molecule has 2 aromatic rings. The third-order valence-corrected chi connectivity index (χ3v) is 5.52. The van der Waals surface area contributed by atoms with Gasteiger partial charge in [-0.15, -0.1) is 10.2 Å². The zero-order valence-corrected chi connectivity index (χ0v) is 16.2. The van der Waals surface area contributed by atoms with Crippen LogP contribution in [0.15, 0.2) is 34.9 Å². The molecule has 4 heterocycles. The first-order valence-corrected chi connectivity index (χ1v) is 9.85. The van der Waals surface area contributed by atoms with Gasteiger partial charge < -0.3 is 19.1 Å². The van der Waals surface area contributed by atoms with E-state index in [1.165, 1.54) is 6.26 Å². The summed E-state index contributed by atoms with van der Waals surface area (Å²) in [5.74, 6) is 1.04. The van der Waals surface area contributed by atoms with E-state index >= 15 is 0 Å². The number of carbonyl (C=O) groups excluding carboxylic acids is 2. The van der Waals surface area contributed by atoms with Crippen LogP contribution in [0.25, 0.3) is 0 Å². The van der Waals surface area contributed by atoms with Gasteiger partial charge in [-0.1, -0.05) is 11.6 Å². The molecule has 0 aromatic carbocycles. The maximum atomic E-state index is 13.0. The number of nitrogens with zero attached hydrogens (tertiary/aromatic N) is 5. The number of piperidine rings is 1. The molecule has 0 N–H and O–H groups in total. The SMILES string of the molecule is O=C(c1ccco1)N1CCN(C(=O)[C@@H]2CCCN(c3ccc(Cl)nn3)C2)CC1. The normalized spacial score (nSPS) is 20.3. The van der Waals surface area contributed by atoms with E-state index in [0.29, 0.717) is 43.6 Å². The maximum Gasteiger partial charge on any atom is 0.289 e. The minimum atomic E-state index is -0.123. The largest absolute Gasteiger partial charge is 0.459 e. The third kappa shape index (κ3) is 3.96. The predicted octanol–water partition coefficient (Wildman–Crippen LogP) is 1.92. The molecular formula is C19H22ClN5O3. The van der Waals surface area contributed by atoms with Crippen LogP contribution in [0.1, 0.15) is 23.4 Å². The molecule has 2 aromatic heterocycles. The first-order chi connectivity index (χ1) is 13.6. The summed E-state index contributed by atoms with van der Waals surface area (Å²) in [5, 5.41) is 8.38. The van der Waals surface area contributed by atoms with Crippen molar-refractivity contribution in [3.8, 4) is 0 Å². The molecule has 0 unspecified atom stereocenters. The molecule has 2 aliphatic rings. The number of anilines is 1. The summed E-state index contributed by atoms with van der Waals surface area (Å²) >= 11 is 5.81. The van der Waals surface area contributed by atoms with Gasteiger partial charge in [0.05, 0.1) is 12.2 Å². The Morgan fingerprint density at radius 2 is 1.82 bits per heavy atom. The Labute approximate surface area is 168 Å². The Balaban J connectivity index is 1.33. The fourth-order valence-corrected chi connectivity index (χ4v) is 3.91. The van der Waals surface area contributed by atoms with E-state index in [1.54, 1.807) is 23.1 Å². The first-order valence-electron chi connectivity index (χ1n) is 9.47. The number of halogens is 1. The molecule has 0 saturated carbocycles. The molecule has 2 fully saturated rings. The lowest BCUT2D eigenvalue weighted by atomic mass is 9.96. The zero-order valence-electron chi connectivity index (χ0n) is 15.5. The average molecular weight is 404 g/mol. The molecular weight excluding hydrogens is 382 g/mol. The van der Waals surface area contributed by atoms with E-state index in [1.807, 2.05) is 11.0 Å². The second kappa shape index (κ2) is 8.18. The fourth-order valence-electron chi connectivity index (χ4n) is 3.81. The molecule has 0 bridgehead atoms. The summed E-state index contributed by atoms with van der Waals surface area (Å²) in [7, 11) is 0. The number of amides is 2. The van der Waals surface area contributed by atoms with E-state index in [0.717, 1.165) is 25.2 Å². The number of hydrogen-bond acceptors (Lipinski definition) is 6. The number of rotatable bonds is 3. The van der Waals surface area contributed by atoms with Gasteiger partial charge in [0.25, 0.3) is 5.91 Å². The summed E-state index contributed by atoms with van der Waals surface area (Å²) < 4.78 is 5.18. The minimum Gasteiger partial charge on any atom is -0.459 e. The maximum absolute atomic E-state index is 13.0. The van der Waals surface area contributed by atoms with Gasteiger partial charge >= 0.3 is 0 Å². The van der Waals surface area contributed by atoms with E-state index in [9.17, 15) is 9.59 Å². The summed E-state index contributed by atoms with van der Waals surface area (Å²) in [6, 6.07) is 6.91. The molecule has 0 radical (unpaired) electrons. The summed E-state index contributed by atoms with van der Waals surface area (Å²) in [4.78, 5) is 31.1. The van der Waals surface area contributed by atoms with Crippen LogP contribution in [0.3, 0.4) is 0 Å². The average Bonchev–Trinajstić information content (AvgIpc) is 3.28. The molecule has 2 amide bonds. The van der Waals surface area contributed by atoms with Crippen molar-refractivity contribution in [3.05, 3.63) is 41.4 Å². The van der Waals surface area contributed by atoms with Crippen LogP contribution < -0.4 is 4.90 Å². The molecule has 28 heavy (non-hydrogen) atoms. The molecule has 9 heteroatoms. The van der Waals surface area contributed by atoms with Gasteiger partial charge in [-0.3, -0.25) is 9.59 Å². The molecule has 1 atom stereocenters. The van der Waals surface area contributed by atoms with Crippen molar-refractivity contribution in [3.63, 3.8) is 0 Å². The highest BCUT2D eigenvalue weighted by atomic mass is 35.5. The van der Waals surface area contributed by atoms with Crippen LogP contribution in [-0.4, -0.2) is 71.1 Å². The first kappa shape index (κ1) is 18.7. The molecule has 2 saturated heterocycles. The molecule has 8 nitrogen and oxygen atoms in total. The standard InChI is InChI=1S/C19H22ClN5O3/c20-16-5-6-17(22-21-16)25-7-1-3-14(13-25)18(26)23-8-10-24(11-9-23)19(27)15-4-2-12-28-15/h2,4-6,12,14H,1,3,7-11,13H2/t14-/m1/s1. The van der Waals surface area contributed by atoms with Crippen molar-refractivity contribution in [2.45, 2.75) is 12.8 Å². The van der Waals surface area contributed by atoms with Gasteiger partial charge in [-0.05, 0) is 37.1 Å². The van der Waals surface area contributed by atoms with Crippen molar-refractivity contribution < 1.29 is 14.0 Å². The van der Waals surface area contributed by atoms with E-state index in [2.05, 4.69) is 15.1 Å². The van der Waals surface area contributed by atoms with Crippen LogP contribution in [0.4, 0.5) is 5.82 Å².